The van der Waals surface area contributed by atoms with Gasteiger partial charge in [-0.3, -0.25) is 4.52 Å². The molecule has 6 nitrogen and oxygen atoms in total. The zero-order valence-electron chi connectivity index (χ0n) is 21.4. The molecule has 7 heteroatoms. The largest absolute Gasteiger partial charge is 0.487 e. The molecule has 0 saturated carbocycles. The molecule has 198 valence electrons. The highest BCUT2D eigenvalue weighted by molar-refractivity contribution is 7.46. The first-order valence-electron chi connectivity index (χ1n) is 13.4. The van der Waals surface area contributed by atoms with Crippen LogP contribution in [-0.4, -0.2) is 35.7 Å². The molecule has 0 spiro atoms. The van der Waals surface area contributed by atoms with E-state index in [1.54, 1.807) is 0 Å². The second-order valence-electron chi connectivity index (χ2n) is 9.29. The molecule has 2 aromatic carbocycles. The van der Waals surface area contributed by atoms with Crippen LogP contribution in [0, 0.1) is 0 Å². The third kappa shape index (κ3) is 14.0. The Morgan fingerprint density at radius 3 is 2.03 bits per heavy atom. The molecule has 0 bridgehead atoms. The van der Waals surface area contributed by atoms with Crippen LogP contribution >= 0.6 is 7.82 Å². The number of phosphoric ester groups is 1. The minimum Gasteiger partial charge on any atom is -0.487 e. The number of hydrogen-bond acceptors (Lipinski definition) is 4. The van der Waals surface area contributed by atoms with E-state index in [2.05, 4.69) is 29.6 Å². The van der Waals surface area contributed by atoms with E-state index in [1.807, 2.05) is 24.3 Å². The van der Waals surface area contributed by atoms with Gasteiger partial charge in [-0.05, 0) is 24.3 Å². The third-order valence-electron chi connectivity index (χ3n) is 6.21. The van der Waals surface area contributed by atoms with Crippen molar-refractivity contribution in [2.75, 3.05) is 19.8 Å². The van der Waals surface area contributed by atoms with Crippen LogP contribution in [0.2, 0.25) is 0 Å². The highest BCUT2D eigenvalue weighted by atomic mass is 31.2. The van der Waals surface area contributed by atoms with Crippen molar-refractivity contribution < 1.29 is 28.3 Å². The van der Waals surface area contributed by atoms with Gasteiger partial charge in [0.15, 0.2) is 0 Å². The summed E-state index contributed by atoms with van der Waals surface area (Å²) in [6.07, 6.45) is 16.4. The molecule has 0 heterocycles. The van der Waals surface area contributed by atoms with E-state index in [0.29, 0.717) is 6.61 Å². The van der Waals surface area contributed by atoms with E-state index in [1.165, 1.54) is 70.6 Å². The number of fused-ring (bicyclic) bond motifs is 1. The van der Waals surface area contributed by atoms with E-state index in [0.717, 1.165) is 29.4 Å². The highest BCUT2D eigenvalue weighted by Gasteiger charge is 2.15. The van der Waals surface area contributed by atoms with Crippen LogP contribution in [0.3, 0.4) is 0 Å². The molecular weight excluding hydrogens is 463 g/mol. The summed E-state index contributed by atoms with van der Waals surface area (Å²) in [4.78, 5) is 17.6. The predicted molar refractivity (Wildman–Crippen MR) is 143 cm³/mol. The Bertz CT molecular complexity index is 847. The second-order valence-corrected chi connectivity index (χ2v) is 10.5. The summed E-state index contributed by atoms with van der Waals surface area (Å²) >= 11 is 0. The van der Waals surface area contributed by atoms with Gasteiger partial charge in [0, 0.05) is 5.39 Å². The Labute approximate surface area is 211 Å². The zero-order valence-corrected chi connectivity index (χ0v) is 22.3. The first-order valence-corrected chi connectivity index (χ1v) is 14.9. The van der Waals surface area contributed by atoms with Crippen molar-refractivity contribution in [2.24, 2.45) is 0 Å². The molecule has 1 atom stereocenters. The molecule has 1 unspecified atom stereocenters. The Hall–Kier alpha value is -1.43. The van der Waals surface area contributed by atoms with Crippen LogP contribution in [0.1, 0.15) is 90.4 Å². The summed E-state index contributed by atoms with van der Waals surface area (Å²) in [5.41, 5.74) is 0. The fourth-order valence-electron chi connectivity index (χ4n) is 4.30. The van der Waals surface area contributed by atoms with Crippen LogP contribution < -0.4 is 4.74 Å². The van der Waals surface area contributed by atoms with Crippen molar-refractivity contribution in [1.82, 2.24) is 0 Å². The van der Waals surface area contributed by atoms with Gasteiger partial charge in [-0.2, -0.15) is 0 Å². The quantitative estimate of drug-likeness (QED) is 0.132. The van der Waals surface area contributed by atoms with Crippen LogP contribution in [-0.2, 0) is 13.8 Å². The van der Waals surface area contributed by atoms with E-state index < -0.39 is 7.82 Å². The molecule has 2 rings (SSSR count). The van der Waals surface area contributed by atoms with Gasteiger partial charge < -0.3 is 19.3 Å². The molecule has 2 aromatic rings. The summed E-state index contributed by atoms with van der Waals surface area (Å²) in [5, 5.41) is 2.20. The van der Waals surface area contributed by atoms with E-state index in [9.17, 15) is 4.57 Å². The SMILES string of the molecule is CCCCCCCCCCCCCCC(COCCOP(=O)(O)O)Oc1cccc2ccccc12. The summed E-state index contributed by atoms with van der Waals surface area (Å²) in [6.45, 7) is 2.57. The molecule has 35 heavy (non-hydrogen) atoms. The molecule has 0 amide bonds. The Morgan fingerprint density at radius 2 is 1.37 bits per heavy atom. The summed E-state index contributed by atoms with van der Waals surface area (Å²) < 4.78 is 27.3. The van der Waals surface area contributed by atoms with Crippen molar-refractivity contribution in [3.05, 3.63) is 42.5 Å². The first kappa shape index (κ1) is 29.8. The van der Waals surface area contributed by atoms with Crippen LogP contribution in [0.5, 0.6) is 5.75 Å². The maximum Gasteiger partial charge on any atom is 0.469 e. The minimum absolute atomic E-state index is 0.110. The van der Waals surface area contributed by atoms with Crippen LogP contribution in [0.25, 0.3) is 10.8 Å². The second kappa shape index (κ2) is 17.9. The Kier molecular flexibility index (Phi) is 15.3. The summed E-state index contributed by atoms with van der Waals surface area (Å²) in [5.74, 6) is 0.835. The lowest BCUT2D eigenvalue weighted by Crippen LogP contribution is -2.24. The number of unbranched alkanes of at least 4 members (excludes halogenated alkanes) is 11. The van der Waals surface area contributed by atoms with E-state index in [-0.39, 0.29) is 19.3 Å². The van der Waals surface area contributed by atoms with Gasteiger partial charge in [0.25, 0.3) is 0 Å². The lowest BCUT2D eigenvalue weighted by molar-refractivity contribution is 0.0277. The third-order valence-corrected chi connectivity index (χ3v) is 6.73. The zero-order chi connectivity index (χ0) is 25.2. The number of rotatable bonds is 21. The average molecular weight is 509 g/mol. The molecule has 0 aliphatic heterocycles. The van der Waals surface area contributed by atoms with Gasteiger partial charge in [-0.1, -0.05) is 114 Å². The highest BCUT2D eigenvalue weighted by Crippen LogP contribution is 2.35. The molecule has 0 fully saturated rings. The standard InChI is InChI=1S/C28H45O6P/c1-2-3-4-5-6-7-8-9-10-11-12-13-19-26(24-32-22-23-33-35(29,30)31)34-28-21-16-18-25-17-14-15-20-27(25)28/h14-18,20-21,26H,2-13,19,22-24H2,1H3,(H2,29,30,31). The maximum atomic E-state index is 10.8. The number of benzene rings is 2. The first-order chi connectivity index (χ1) is 17.0. The van der Waals surface area contributed by atoms with Crippen molar-refractivity contribution >= 4 is 18.6 Å². The Morgan fingerprint density at radius 1 is 0.771 bits per heavy atom. The minimum atomic E-state index is -4.47. The van der Waals surface area contributed by atoms with Crippen molar-refractivity contribution in [3.8, 4) is 5.75 Å². The smallest absolute Gasteiger partial charge is 0.469 e. The van der Waals surface area contributed by atoms with E-state index in [4.69, 9.17) is 19.3 Å². The number of ether oxygens (including phenoxy) is 2. The normalized spacial score (nSPS) is 12.8. The molecule has 0 saturated heterocycles. The molecular formula is C28H45O6P. The Balaban J connectivity index is 1.71. The van der Waals surface area contributed by atoms with Gasteiger partial charge in [0.1, 0.15) is 11.9 Å². The molecule has 0 radical (unpaired) electrons. The lowest BCUT2D eigenvalue weighted by Gasteiger charge is -2.20. The average Bonchev–Trinajstić information content (AvgIpc) is 2.83. The molecule has 0 aromatic heterocycles. The van der Waals surface area contributed by atoms with Gasteiger partial charge in [0.05, 0.1) is 19.8 Å². The van der Waals surface area contributed by atoms with Gasteiger partial charge >= 0.3 is 7.82 Å². The molecule has 2 N–H and O–H groups in total. The monoisotopic (exact) mass is 508 g/mol. The van der Waals surface area contributed by atoms with E-state index >= 15 is 0 Å². The summed E-state index contributed by atoms with van der Waals surface area (Å²) in [6, 6.07) is 14.2. The van der Waals surface area contributed by atoms with Gasteiger partial charge in [-0.15, -0.1) is 0 Å². The maximum absolute atomic E-state index is 10.8. The van der Waals surface area contributed by atoms with Gasteiger partial charge in [0.2, 0.25) is 0 Å². The number of phosphoric acid groups is 1. The molecule has 0 aliphatic carbocycles. The van der Waals surface area contributed by atoms with Gasteiger partial charge in [-0.25, -0.2) is 4.57 Å². The fraction of sp³-hybridized carbons (Fsp3) is 0.643. The van der Waals surface area contributed by atoms with Crippen molar-refractivity contribution in [2.45, 2.75) is 96.5 Å². The van der Waals surface area contributed by atoms with Crippen molar-refractivity contribution in [3.63, 3.8) is 0 Å². The molecule has 0 aliphatic rings. The fourth-order valence-corrected chi connectivity index (χ4v) is 4.61. The van der Waals surface area contributed by atoms with Crippen LogP contribution in [0.4, 0.5) is 0 Å². The lowest BCUT2D eigenvalue weighted by atomic mass is 10.0. The number of hydrogen-bond donors (Lipinski definition) is 2. The summed E-state index contributed by atoms with van der Waals surface area (Å²) in [7, 11) is -4.47. The van der Waals surface area contributed by atoms with Crippen molar-refractivity contribution in [1.29, 1.82) is 0 Å². The van der Waals surface area contributed by atoms with Crippen LogP contribution in [0.15, 0.2) is 42.5 Å². The topological polar surface area (TPSA) is 85.2 Å². The predicted octanol–water partition coefficient (Wildman–Crippen LogP) is 7.80.